The molecular formula is C55H82N10O17S. The lowest BCUT2D eigenvalue weighted by Gasteiger charge is -2.19. The number of anilines is 1. The van der Waals surface area contributed by atoms with E-state index in [1.165, 1.54) is 12.4 Å². The summed E-state index contributed by atoms with van der Waals surface area (Å²) in [5.41, 5.74) is 8.66. The molecule has 83 heavy (non-hydrogen) atoms. The molecule has 0 radical (unpaired) electrons. The maximum atomic E-state index is 13.1. The minimum atomic E-state index is -3.50. The highest BCUT2D eigenvalue weighted by Crippen LogP contribution is 2.20. The first-order valence-corrected chi connectivity index (χ1v) is 29.2. The molecule has 2 aromatic heterocycles. The molecule has 1 atom stereocenters. The smallest absolute Gasteiger partial charge is 0.311 e. The van der Waals surface area contributed by atoms with E-state index in [1.54, 1.807) is 80.2 Å². The van der Waals surface area contributed by atoms with Crippen LogP contribution >= 0.6 is 0 Å². The summed E-state index contributed by atoms with van der Waals surface area (Å²) in [6.07, 6.45) is 7.26. The summed E-state index contributed by atoms with van der Waals surface area (Å²) in [6, 6.07) is 12.8. The van der Waals surface area contributed by atoms with Crippen molar-refractivity contribution in [2.75, 3.05) is 144 Å². The minimum Gasteiger partial charge on any atom is -0.460 e. The number of benzene rings is 2. The summed E-state index contributed by atoms with van der Waals surface area (Å²) in [4.78, 5) is 70.5. The van der Waals surface area contributed by atoms with E-state index in [-0.39, 0.29) is 49.9 Å². The van der Waals surface area contributed by atoms with E-state index in [4.69, 9.17) is 53.1 Å². The van der Waals surface area contributed by atoms with Gasteiger partial charge in [0.25, 0.3) is 5.91 Å². The second-order valence-corrected chi connectivity index (χ2v) is 21.3. The van der Waals surface area contributed by atoms with Crippen molar-refractivity contribution in [3.05, 3.63) is 83.9 Å². The van der Waals surface area contributed by atoms with Gasteiger partial charge in [-0.05, 0) is 82.0 Å². The topological polar surface area (TPSA) is 342 Å². The summed E-state index contributed by atoms with van der Waals surface area (Å²) < 4.78 is 79.7. The first-order valence-electron chi connectivity index (χ1n) is 27.3. The van der Waals surface area contributed by atoms with E-state index in [0.29, 0.717) is 154 Å². The Morgan fingerprint density at radius 2 is 1.17 bits per heavy atom. The number of hydrogen-bond acceptors (Lipinski definition) is 22. The molecule has 0 unspecified atom stereocenters. The quantitative estimate of drug-likeness (QED) is 0.0239. The van der Waals surface area contributed by atoms with Crippen LogP contribution in [0, 0.1) is 5.41 Å². The van der Waals surface area contributed by atoms with Crippen LogP contribution in [0.25, 0.3) is 11.1 Å². The molecule has 4 aromatic rings. The van der Waals surface area contributed by atoms with Gasteiger partial charge in [0.2, 0.25) is 32.7 Å². The highest BCUT2D eigenvalue weighted by molar-refractivity contribution is 7.90. The Kier molecular flexibility index (Phi) is 33.2. The van der Waals surface area contributed by atoms with Crippen LogP contribution in [0.1, 0.15) is 61.6 Å². The summed E-state index contributed by atoms with van der Waals surface area (Å²) in [7, 11) is -3.50. The number of rotatable bonds is 45. The van der Waals surface area contributed by atoms with Crippen LogP contribution in [-0.4, -0.2) is 207 Å². The normalized spacial score (nSPS) is 12.0. The van der Waals surface area contributed by atoms with Crippen LogP contribution < -0.4 is 27.0 Å². The van der Waals surface area contributed by atoms with E-state index < -0.39 is 45.6 Å². The molecule has 0 aliphatic rings. The number of unbranched alkanes of at least 4 members (excludes halogenated alkanes) is 1. The van der Waals surface area contributed by atoms with Gasteiger partial charge >= 0.3 is 5.97 Å². The first kappa shape index (κ1) is 69.1. The fourth-order valence-corrected chi connectivity index (χ4v) is 7.39. The highest BCUT2D eigenvalue weighted by atomic mass is 32.2. The molecule has 0 aliphatic carbocycles. The monoisotopic (exact) mass is 1190 g/mol. The molecule has 2 heterocycles. The number of hydrogen-bond donors (Lipinski definition) is 5. The fraction of sp³-hybridized carbons (Fsp3) is 0.582. The SMILES string of the molecule is CC(C)(C)C(=O)OCc1ccc(NC(=O)[C@H](CCCCN)NC(=O)COCC(=O)NCCOCCOCCOCCOCCOCCOCCOCCOCCn2cc(CNC(=O)c3ccc(-c4cnc(S(C)(=O)=O)nc4)cc3)nn2)cc1. The van der Waals surface area contributed by atoms with Crippen LogP contribution in [0.5, 0.6) is 0 Å². The van der Waals surface area contributed by atoms with Gasteiger partial charge in [-0.3, -0.25) is 24.0 Å². The van der Waals surface area contributed by atoms with Crippen molar-refractivity contribution in [3.8, 4) is 11.1 Å². The first-order chi connectivity index (χ1) is 40.0. The van der Waals surface area contributed by atoms with E-state index in [9.17, 15) is 32.4 Å². The molecule has 0 spiro atoms. The lowest BCUT2D eigenvalue weighted by molar-refractivity contribution is -0.154. The maximum absolute atomic E-state index is 13.1. The molecule has 2 aromatic carbocycles. The molecule has 4 amide bonds. The van der Waals surface area contributed by atoms with E-state index >= 15 is 0 Å². The average Bonchev–Trinajstić information content (AvgIpc) is 4.01. The molecule has 4 rings (SSSR count). The lowest BCUT2D eigenvalue weighted by atomic mass is 9.97. The second kappa shape index (κ2) is 39.9. The number of ether oxygens (including phenoxy) is 10. The van der Waals surface area contributed by atoms with Gasteiger partial charge in [-0.15, -0.1) is 5.10 Å². The number of sulfone groups is 1. The maximum Gasteiger partial charge on any atom is 0.311 e. The Hall–Kier alpha value is -6.44. The van der Waals surface area contributed by atoms with Crippen molar-refractivity contribution in [1.82, 2.24) is 40.9 Å². The predicted molar refractivity (Wildman–Crippen MR) is 301 cm³/mol. The number of aromatic nitrogens is 5. The summed E-state index contributed by atoms with van der Waals surface area (Å²) >= 11 is 0. The Balaban J connectivity index is 0.854. The molecular weight excluding hydrogens is 1100 g/mol. The van der Waals surface area contributed by atoms with E-state index in [1.807, 2.05) is 0 Å². The number of carbonyl (C=O) groups is 5. The Labute approximate surface area is 484 Å². The lowest BCUT2D eigenvalue weighted by Crippen LogP contribution is -2.45. The summed E-state index contributed by atoms with van der Waals surface area (Å²) in [5, 5.41) is 18.9. The molecule has 0 saturated carbocycles. The number of esters is 1. The predicted octanol–water partition coefficient (Wildman–Crippen LogP) is 1.68. The highest BCUT2D eigenvalue weighted by Gasteiger charge is 2.24. The Morgan fingerprint density at radius 3 is 1.70 bits per heavy atom. The van der Waals surface area contributed by atoms with Gasteiger partial charge in [0.15, 0.2) is 0 Å². The van der Waals surface area contributed by atoms with Crippen molar-refractivity contribution in [2.24, 2.45) is 11.1 Å². The van der Waals surface area contributed by atoms with Crippen LogP contribution in [0.2, 0.25) is 0 Å². The van der Waals surface area contributed by atoms with Crippen molar-refractivity contribution < 1.29 is 79.8 Å². The van der Waals surface area contributed by atoms with Gasteiger partial charge in [-0.25, -0.2) is 23.1 Å². The third-order valence-electron chi connectivity index (χ3n) is 11.4. The number of nitrogens with two attached hydrogens (primary N) is 1. The Bertz CT molecular complexity index is 2610. The molecule has 0 aliphatic heterocycles. The number of nitrogens with zero attached hydrogens (tertiary/aromatic N) is 5. The number of amides is 4. The fourth-order valence-electron chi connectivity index (χ4n) is 6.90. The van der Waals surface area contributed by atoms with Crippen molar-refractivity contribution in [1.29, 1.82) is 0 Å². The zero-order valence-electron chi connectivity index (χ0n) is 48.0. The van der Waals surface area contributed by atoms with Crippen molar-refractivity contribution in [2.45, 2.75) is 70.9 Å². The van der Waals surface area contributed by atoms with Crippen LogP contribution in [0.4, 0.5) is 5.69 Å². The minimum absolute atomic E-state index is 0.104. The summed E-state index contributed by atoms with van der Waals surface area (Å²) in [6.45, 7) is 12.3. The molecule has 28 heteroatoms. The van der Waals surface area contributed by atoms with Crippen LogP contribution in [0.15, 0.2) is 72.3 Å². The molecule has 27 nitrogen and oxygen atoms in total. The zero-order valence-corrected chi connectivity index (χ0v) is 48.8. The average molecular weight is 1190 g/mol. The molecule has 0 fully saturated rings. The number of nitrogens with one attached hydrogen (secondary N) is 4. The zero-order chi connectivity index (χ0) is 60.0. The number of carbonyl (C=O) groups excluding carboxylic acids is 5. The van der Waals surface area contributed by atoms with Crippen molar-refractivity contribution >= 4 is 45.1 Å². The van der Waals surface area contributed by atoms with Crippen molar-refractivity contribution in [3.63, 3.8) is 0 Å². The second-order valence-electron chi connectivity index (χ2n) is 19.4. The third kappa shape index (κ3) is 30.6. The standard InChI is InChI=1S/C55H82N10O17S/c1-55(2,3)53(70)82-39-42-8-14-46(15-9-42)61-52(69)48(7-5-6-16-56)62-50(67)41-81-40-49(66)57-17-19-73-21-23-75-25-27-77-29-31-79-33-34-80-32-30-78-28-26-76-24-22-74-20-18-65-38-47(63-64-65)37-58-51(68)44-12-10-43(11-13-44)45-35-59-54(60-36-45)83(4,71)72/h8-15,35-36,38,48H,5-7,16-34,37,39-41,56H2,1-4H3,(H,57,66)(H,58,68)(H,61,69)(H,62,67)/t48-/m0/s1. The van der Waals surface area contributed by atoms with Gasteiger partial charge < -0.3 is 74.4 Å². The van der Waals surface area contributed by atoms with Crippen LogP contribution in [-0.2, 0) is 96.1 Å². The largest absolute Gasteiger partial charge is 0.460 e. The third-order valence-corrected chi connectivity index (χ3v) is 12.2. The van der Waals surface area contributed by atoms with E-state index in [2.05, 4.69) is 41.5 Å². The van der Waals surface area contributed by atoms with Gasteiger partial charge in [-0.1, -0.05) is 29.5 Å². The van der Waals surface area contributed by atoms with Gasteiger partial charge in [0.05, 0.1) is 130 Å². The van der Waals surface area contributed by atoms with Crippen LogP contribution in [0.3, 0.4) is 0 Å². The molecule has 460 valence electrons. The van der Waals surface area contributed by atoms with Gasteiger partial charge in [0.1, 0.15) is 31.6 Å². The van der Waals surface area contributed by atoms with Gasteiger partial charge in [-0.2, -0.15) is 0 Å². The van der Waals surface area contributed by atoms with E-state index in [0.717, 1.165) is 17.4 Å². The summed E-state index contributed by atoms with van der Waals surface area (Å²) in [5.74, 6) is -2.00. The Morgan fingerprint density at radius 1 is 0.639 bits per heavy atom. The molecule has 6 N–H and O–H groups in total. The van der Waals surface area contributed by atoms with Gasteiger partial charge in [0, 0.05) is 42.0 Å². The molecule has 0 saturated heterocycles. The molecule has 0 bridgehead atoms.